The number of hydrogen-bond donors (Lipinski definition) is 1. The number of carbonyl (C=O) groups is 1. The van der Waals surface area contributed by atoms with Gasteiger partial charge in [-0.3, -0.25) is 0 Å². The molecule has 0 aliphatic rings. The van der Waals surface area contributed by atoms with Gasteiger partial charge in [-0.15, -0.1) is 0 Å². The second-order valence-corrected chi connectivity index (χ2v) is 4.47. The van der Waals surface area contributed by atoms with Crippen LogP contribution in [0.4, 0.5) is 0 Å². The molecule has 0 fully saturated rings. The normalized spacial score (nSPS) is 11.2. The quantitative estimate of drug-likeness (QED) is 0.305. The van der Waals surface area contributed by atoms with E-state index in [9.17, 15) is 4.79 Å². The number of benzene rings is 2. The molecule has 0 unspecified atom stereocenters. The van der Waals surface area contributed by atoms with E-state index in [1.165, 1.54) is 0 Å². The Kier molecular flexibility index (Phi) is 4.15. The summed E-state index contributed by atoms with van der Waals surface area (Å²) in [5.74, 6) is 0.0513. The molecule has 0 atom stereocenters. The molecule has 102 valence electrons. The maximum Gasteiger partial charge on any atom is 0.343 e. The van der Waals surface area contributed by atoms with Crippen LogP contribution in [-0.4, -0.2) is 16.9 Å². The molecule has 0 radical (unpaired) electrons. The second kappa shape index (κ2) is 6.02. The van der Waals surface area contributed by atoms with Crippen molar-refractivity contribution < 1.29 is 14.7 Å². The predicted molar refractivity (Wildman–Crippen MR) is 76.6 cm³/mol. The van der Waals surface area contributed by atoms with Gasteiger partial charge >= 0.3 is 5.97 Å². The van der Waals surface area contributed by atoms with Gasteiger partial charge < -0.3 is 9.94 Å². The van der Waals surface area contributed by atoms with E-state index in [0.717, 1.165) is 11.1 Å². The summed E-state index contributed by atoms with van der Waals surface area (Å²) in [4.78, 5) is 11.9. The minimum Gasteiger partial charge on any atom is -0.423 e. The lowest BCUT2D eigenvalue weighted by Gasteiger charge is -2.05. The molecular weight excluding hydrogens is 254 g/mol. The van der Waals surface area contributed by atoms with Gasteiger partial charge in [0.05, 0.1) is 11.3 Å². The van der Waals surface area contributed by atoms with Gasteiger partial charge in [0.25, 0.3) is 0 Å². The lowest BCUT2D eigenvalue weighted by Crippen LogP contribution is -2.08. The minimum atomic E-state index is -0.398. The topological polar surface area (TPSA) is 58.9 Å². The van der Waals surface area contributed by atoms with Crippen LogP contribution >= 0.6 is 0 Å². The average Bonchev–Trinajstić information content (AvgIpc) is 2.48. The van der Waals surface area contributed by atoms with E-state index in [1.807, 2.05) is 19.1 Å². The van der Waals surface area contributed by atoms with Gasteiger partial charge in [-0.1, -0.05) is 22.9 Å². The largest absolute Gasteiger partial charge is 0.423 e. The monoisotopic (exact) mass is 269 g/mol. The van der Waals surface area contributed by atoms with E-state index in [0.29, 0.717) is 17.0 Å². The number of nitrogens with zero attached hydrogens (tertiary/aromatic N) is 1. The highest BCUT2D eigenvalue weighted by molar-refractivity contribution is 5.98. The zero-order valence-electron chi connectivity index (χ0n) is 11.3. The third-order valence-electron chi connectivity index (χ3n) is 2.92. The molecule has 2 rings (SSSR count). The smallest absolute Gasteiger partial charge is 0.343 e. The van der Waals surface area contributed by atoms with Gasteiger partial charge in [-0.2, -0.15) is 0 Å². The molecule has 2 aromatic carbocycles. The summed E-state index contributed by atoms with van der Waals surface area (Å²) < 4.78 is 5.27. The van der Waals surface area contributed by atoms with Crippen LogP contribution in [-0.2, 0) is 0 Å². The number of aryl methyl sites for hydroxylation is 1. The Morgan fingerprint density at radius 1 is 1.00 bits per heavy atom. The number of ether oxygens (including phenoxy) is 1. The van der Waals surface area contributed by atoms with Crippen LogP contribution in [0.1, 0.15) is 28.4 Å². The summed E-state index contributed by atoms with van der Waals surface area (Å²) in [5.41, 5.74) is 2.86. The summed E-state index contributed by atoms with van der Waals surface area (Å²) in [7, 11) is 0. The summed E-state index contributed by atoms with van der Waals surface area (Å²) in [6, 6.07) is 14.0. The van der Waals surface area contributed by atoms with E-state index < -0.39 is 5.97 Å². The van der Waals surface area contributed by atoms with E-state index in [2.05, 4.69) is 5.16 Å². The van der Waals surface area contributed by atoms with Crippen molar-refractivity contribution in [2.24, 2.45) is 5.16 Å². The Hall–Kier alpha value is -2.62. The molecule has 1 N–H and O–H groups in total. The fraction of sp³-hybridized carbons (Fsp3) is 0.125. The molecule has 2 aromatic rings. The molecule has 0 bridgehead atoms. The highest BCUT2D eigenvalue weighted by Gasteiger charge is 2.08. The average molecular weight is 269 g/mol. The number of hydrogen-bond acceptors (Lipinski definition) is 4. The number of rotatable bonds is 3. The Balaban J connectivity index is 2.10. The lowest BCUT2D eigenvalue weighted by atomic mass is 10.1. The SMILES string of the molecule is C/C(=N/O)c1ccc(OC(=O)c2ccc(C)cc2)cc1. The first kappa shape index (κ1) is 13.8. The first-order valence-corrected chi connectivity index (χ1v) is 6.18. The molecule has 0 amide bonds. The second-order valence-electron chi connectivity index (χ2n) is 4.47. The molecule has 0 aromatic heterocycles. The molecule has 0 saturated heterocycles. The summed E-state index contributed by atoms with van der Waals surface area (Å²) in [5, 5.41) is 11.8. The highest BCUT2D eigenvalue weighted by Crippen LogP contribution is 2.15. The predicted octanol–water partition coefficient (Wildman–Crippen LogP) is 3.41. The minimum absolute atomic E-state index is 0.398. The zero-order valence-corrected chi connectivity index (χ0v) is 11.3. The van der Waals surface area contributed by atoms with Crippen LogP contribution in [0.25, 0.3) is 0 Å². The molecule has 4 nitrogen and oxygen atoms in total. The van der Waals surface area contributed by atoms with Crippen LogP contribution < -0.4 is 4.74 Å². The third-order valence-corrected chi connectivity index (χ3v) is 2.92. The molecule has 4 heteroatoms. The van der Waals surface area contributed by atoms with Crippen LogP contribution in [0.15, 0.2) is 53.7 Å². The van der Waals surface area contributed by atoms with Gasteiger partial charge in [-0.05, 0) is 55.8 Å². The van der Waals surface area contributed by atoms with Crippen LogP contribution in [0.2, 0.25) is 0 Å². The van der Waals surface area contributed by atoms with Crippen molar-refractivity contribution in [3.05, 3.63) is 65.2 Å². The molecule has 0 aliphatic heterocycles. The van der Waals surface area contributed by atoms with E-state index in [4.69, 9.17) is 9.94 Å². The summed E-state index contributed by atoms with van der Waals surface area (Å²) in [6.07, 6.45) is 0. The number of oxime groups is 1. The van der Waals surface area contributed by atoms with Gasteiger partial charge in [0.2, 0.25) is 0 Å². The Morgan fingerprint density at radius 2 is 1.55 bits per heavy atom. The van der Waals surface area contributed by atoms with Crippen LogP contribution in [0, 0.1) is 6.92 Å². The Morgan fingerprint density at radius 3 is 2.10 bits per heavy atom. The van der Waals surface area contributed by atoms with Crippen molar-refractivity contribution in [1.29, 1.82) is 0 Å². The van der Waals surface area contributed by atoms with Crippen molar-refractivity contribution >= 4 is 11.7 Å². The Bertz CT molecular complexity index is 628. The van der Waals surface area contributed by atoms with Crippen molar-refractivity contribution in [3.63, 3.8) is 0 Å². The highest BCUT2D eigenvalue weighted by atomic mass is 16.5. The molecule has 0 heterocycles. The maximum absolute atomic E-state index is 11.9. The zero-order chi connectivity index (χ0) is 14.5. The third kappa shape index (κ3) is 3.23. The van der Waals surface area contributed by atoms with Crippen molar-refractivity contribution in [2.75, 3.05) is 0 Å². The lowest BCUT2D eigenvalue weighted by molar-refractivity contribution is 0.0735. The molecular formula is C16H15NO3. The fourth-order valence-electron chi connectivity index (χ4n) is 1.68. The van der Waals surface area contributed by atoms with Crippen LogP contribution in [0.3, 0.4) is 0 Å². The van der Waals surface area contributed by atoms with Crippen molar-refractivity contribution in [1.82, 2.24) is 0 Å². The van der Waals surface area contributed by atoms with Gasteiger partial charge in [-0.25, -0.2) is 4.79 Å². The first-order chi connectivity index (χ1) is 9.60. The standard InChI is InChI=1S/C16H15NO3/c1-11-3-5-14(6-4-11)16(18)20-15-9-7-13(8-10-15)12(2)17-19/h3-10,19H,1-2H3/b17-12-. The van der Waals surface area contributed by atoms with Gasteiger partial charge in [0, 0.05) is 0 Å². The number of carbonyl (C=O) groups excluding carboxylic acids is 1. The van der Waals surface area contributed by atoms with E-state index >= 15 is 0 Å². The molecule has 0 aliphatic carbocycles. The fourth-order valence-corrected chi connectivity index (χ4v) is 1.68. The first-order valence-electron chi connectivity index (χ1n) is 6.18. The maximum atomic E-state index is 11.9. The van der Waals surface area contributed by atoms with E-state index in [-0.39, 0.29) is 0 Å². The molecule has 20 heavy (non-hydrogen) atoms. The summed E-state index contributed by atoms with van der Waals surface area (Å²) in [6.45, 7) is 3.65. The van der Waals surface area contributed by atoms with E-state index in [1.54, 1.807) is 43.3 Å². The van der Waals surface area contributed by atoms with Gasteiger partial charge in [0.1, 0.15) is 5.75 Å². The van der Waals surface area contributed by atoms with Crippen LogP contribution in [0.5, 0.6) is 5.75 Å². The molecule has 0 saturated carbocycles. The number of esters is 1. The van der Waals surface area contributed by atoms with Gasteiger partial charge in [0.15, 0.2) is 0 Å². The summed E-state index contributed by atoms with van der Waals surface area (Å²) >= 11 is 0. The Labute approximate surface area is 117 Å². The van der Waals surface area contributed by atoms with Crippen molar-refractivity contribution in [2.45, 2.75) is 13.8 Å². The van der Waals surface area contributed by atoms with Crippen molar-refractivity contribution in [3.8, 4) is 5.75 Å². The molecule has 0 spiro atoms.